The summed E-state index contributed by atoms with van der Waals surface area (Å²) in [5, 5.41) is 3.15. The monoisotopic (exact) mass is 479 g/mol. The maximum atomic E-state index is 13.6. The second kappa shape index (κ2) is 11.2. The summed E-state index contributed by atoms with van der Waals surface area (Å²) in [5.74, 6) is -1.28. The topological polar surface area (TPSA) is 86.8 Å². The number of imide groups is 1. The van der Waals surface area contributed by atoms with E-state index in [9.17, 15) is 19.2 Å². The summed E-state index contributed by atoms with van der Waals surface area (Å²) in [5.41, 5.74) is 2.04. The molecular weight excluding hydrogens is 442 g/mol. The predicted molar refractivity (Wildman–Crippen MR) is 133 cm³/mol. The molecule has 0 unspecified atom stereocenters. The van der Waals surface area contributed by atoms with E-state index in [2.05, 4.69) is 5.32 Å². The SMILES string of the molecule is CC[C@@H](C(=O)NC1CCCC1)N(Cc1ccccc1C)C(=O)CCN1C(=O)[C@H]2CC=CC[C@H]2C1=O. The van der Waals surface area contributed by atoms with Gasteiger partial charge in [0.1, 0.15) is 6.04 Å². The molecule has 7 nitrogen and oxygen atoms in total. The lowest BCUT2D eigenvalue weighted by molar-refractivity contribution is -0.144. The van der Waals surface area contributed by atoms with E-state index < -0.39 is 6.04 Å². The zero-order chi connectivity index (χ0) is 24.9. The first-order chi connectivity index (χ1) is 16.9. The number of nitrogens with zero attached hydrogens (tertiary/aromatic N) is 2. The summed E-state index contributed by atoms with van der Waals surface area (Å²) in [7, 11) is 0. The highest BCUT2D eigenvalue weighted by Gasteiger charge is 2.47. The van der Waals surface area contributed by atoms with Crippen LogP contribution in [0.5, 0.6) is 0 Å². The van der Waals surface area contributed by atoms with Crippen molar-refractivity contribution in [1.82, 2.24) is 15.1 Å². The van der Waals surface area contributed by atoms with Crippen LogP contribution in [-0.2, 0) is 25.7 Å². The van der Waals surface area contributed by atoms with Gasteiger partial charge in [-0.2, -0.15) is 0 Å². The van der Waals surface area contributed by atoms with E-state index >= 15 is 0 Å². The predicted octanol–water partition coefficient (Wildman–Crippen LogP) is 3.50. The van der Waals surface area contributed by atoms with Crippen molar-refractivity contribution in [3.05, 3.63) is 47.5 Å². The van der Waals surface area contributed by atoms with Crippen LogP contribution < -0.4 is 5.32 Å². The van der Waals surface area contributed by atoms with Crippen molar-refractivity contribution in [1.29, 1.82) is 0 Å². The normalized spacial score (nSPS) is 22.9. The second-order valence-electron chi connectivity index (χ2n) is 10.1. The number of fused-ring (bicyclic) bond motifs is 1. The molecule has 4 rings (SSSR count). The summed E-state index contributed by atoms with van der Waals surface area (Å²) in [6.07, 6.45) is 9.77. The first-order valence-corrected chi connectivity index (χ1v) is 13.0. The van der Waals surface area contributed by atoms with Gasteiger partial charge in [-0.15, -0.1) is 0 Å². The van der Waals surface area contributed by atoms with E-state index in [1.165, 1.54) is 4.90 Å². The van der Waals surface area contributed by atoms with Gasteiger partial charge >= 0.3 is 0 Å². The van der Waals surface area contributed by atoms with Gasteiger partial charge in [0.2, 0.25) is 23.6 Å². The van der Waals surface area contributed by atoms with Crippen molar-refractivity contribution >= 4 is 23.6 Å². The van der Waals surface area contributed by atoms with Crippen LogP contribution in [0.2, 0.25) is 0 Å². The van der Waals surface area contributed by atoms with E-state index in [1.54, 1.807) is 4.90 Å². The Morgan fingerprint density at radius 2 is 1.69 bits per heavy atom. The molecule has 1 N–H and O–H groups in total. The van der Waals surface area contributed by atoms with Gasteiger partial charge in [-0.25, -0.2) is 0 Å². The fraction of sp³-hybridized carbons (Fsp3) is 0.571. The number of likely N-dealkylation sites (tertiary alicyclic amines) is 1. The molecule has 0 radical (unpaired) electrons. The minimum Gasteiger partial charge on any atom is -0.352 e. The van der Waals surface area contributed by atoms with Gasteiger partial charge in [-0.05, 0) is 50.2 Å². The average molecular weight is 480 g/mol. The molecule has 1 aromatic carbocycles. The number of amides is 4. The van der Waals surface area contributed by atoms with Gasteiger partial charge in [0, 0.05) is 25.6 Å². The molecular formula is C28H37N3O4. The Hall–Kier alpha value is -2.96. The van der Waals surface area contributed by atoms with Gasteiger partial charge in [-0.1, -0.05) is 56.2 Å². The molecule has 1 aliphatic heterocycles. The van der Waals surface area contributed by atoms with Crippen molar-refractivity contribution < 1.29 is 19.2 Å². The highest BCUT2D eigenvalue weighted by molar-refractivity contribution is 6.05. The Morgan fingerprint density at radius 1 is 1.06 bits per heavy atom. The summed E-state index contributed by atoms with van der Waals surface area (Å²) >= 11 is 0. The molecule has 188 valence electrons. The van der Waals surface area contributed by atoms with Crippen molar-refractivity contribution in [3.63, 3.8) is 0 Å². The van der Waals surface area contributed by atoms with Gasteiger partial charge in [0.15, 0.2) is 0 Å². The number of allylic oxidation sites excluding steroid dienone is 2. The van der Waals surface area contributed by atoms with E-state index in [1.807, 2.05) is 50.3 Å². The van der Waals surface area contributed by atoms with E-state index in [0.717, 1.165) is 36.8 Å². The number of carbonyl (C=O) groups is 4. The van der Waals surface area contributed by atoms with Crippen LogP contribution >= 0.6 is 0 Å². The molecule has 1 saturated carbocycles. The molecule has 1 saturated heterocycles. The Kier molecular flexibility index (Phi) is 8.04. The molecule has 1 aromatic rings. The molecule has 3 aliphatic rings. The molecule has 7 heteroatoms. The van der Waals surface area contributed by atoms with E-state index in [-0.39, 0.29) is 54.5 Å². The fourth-order valence-electron chi connectivity index (χ4n) is 5.70. The number of hydrogen-bond acceptors (Lipinski definition) is 4. The van der Waals surface area contributed by atoms with Crippen LogP contribution in [0.3, 0.4) is 0 Å². The summed E-state index contributed by atoms with van der Waals surface area (Å²) in [4.78, 5) is 55.4. The average Bonchev–Trinajstić information content (AvgIpc) is 3.45. The van der Waals surface area contributed by atoms with Crippen LogP contribution in [0.1, 0.15) is 69.4 Å². The molecule has 0 aromatic heterocycles. The number of aryl methyl sites for hydroxylation is 1. The van der Waals surface area contributed by atoms with Crippen LogP contribution in [0.4, 0.5) is 0 Å². The van der Waals surface area contributed by atoms with Crippen molar-refractivity contribution in [2.24, 2.45) is 11.8 Å². The van der Waals surface area contributed by atoms with Gasteiger partial charge in [0.25, 0.3) is 0 Å². The first kappa shape index (κ1) is 25.1. The summed E-state index contributed by atoms with van der Waals surface area (Å²) in [6, 6.07) is 7.43. The van der Waals surface area contributed by atoms with Crippen LogP contribution in [-0.4, -0.2) is 52.1 Å². The maximum Gasteiger partial charge on any atom is 0.243 e. The molecule has 1 heterocycles. The number of rotatable bonds is 9. The number of hydrogen-bond donors (Lipinski definition) is 1. The third kappa shape index (κ3) is 5.49. The molecule has 2 fully saturated rings. The lowest BCUT2D eigenvalue weighted by Gasteiger charge is -2.32. The lowest BCUT2D eigenvalue weighted by Crippen LogP contribution is -2.51. The largest absolute Gasteiger partial charge is 0.352 e. The molecule has 2 aliphatic carbocycles. The van der Waals surface area contributed by atoms with Crippen molar-refractivity contribution in [2.75, 3.05) is 6.54 Å². The Bertz CT molecular complexity index is 972. The van der Waals surface area contributed by atoms with Gasteiger partial charge in [-0.3, -0.25) is 24.1 Å². The number of nitrogens with one attached hydrogen (secondary N) is 1. The molecule has 4 amide bonds. The van der Waals surface area contributed by atoms with Gasteiger partial charge in [0.05, 0.1) is 11.8 Å². The quantitative estimate of drug-likeness (QED) is 0.434. The lowest BCUT2D eigenvalue weighted by atomic mass is 9.85. The van der Waals surface area contributed by atoms with Crippen LogP contribution in [0.25, 0.3) is 0 Å². The maximum absolute atomic E-state index is 13.6. The molecule has 0 spiro atoms. The fourth-order valence-corrected chi connectivity index (χ4v) is 5.70. The smallest absolute Gasteiger partial charge is 0.243 e. The van der Waals surface area contributed by atoms with Gasteiger partial charge < -0.3 is 10.2 Å². The Balaban J connectivity index is 1.49. The Morgan fingerprint density at radius 3 is 2.29 bits per heavy atom. The Labute approximate surface area is 207 Å². The van der Waals surface area contributed by atoms with Crippen molar-refractivity contribution in [2.45, 2.75) is 83.8 Å². The van der Waals surface area contributed by atoms with Crippen molar-refractivity contribution in [3.8, 4) is 0 Å². The molecule has 35 heavy (non-hydrogen) atoms. The van der Waals surface area contributed by atoms with Crippen LogP contribution in [0.15, 0.2) is 36.4 Å². The standard InChI is InChI=1S/C28H37N3O4/c1-3-24(26(33)29-21-12-6-7-13-21)31(18-20-11-5-4-10-19(20)2)25(32)16-17-30-27(34)22-14-8-9-15-23(22)28(30)35/h4-5,8-11,21-24H,3,6-7,12-18H2,1-2H3,(H,29,33)/t22-,23+,24-/m0/s1. The minimum atomic E-state index is -0.598. The summed E-state index contributed by atoms with van der Waals surface area (Å²) in [6.45, 7) is 4.30. The first-order valence-electron chi connectivity index (χ1n) is 13.0. The molecule has 3 atom stereocenters. The number of benzene rings is 1. The third-order valence-electron chi connectivity index (χ3n) is 7.84. The zero-order valence-corrected chi connectivity index (χ0v) is 20.9. The second-order valence-corrected chi connectivity index (χ2v) is 10.1. The van der Waals surface area contributed by atoms with Crippen LogP contribution in [0, 0.1) is 18.8 Å². The minimum absolute atomic E-state index is 0.0173. The highest BCUT2D eigenvalue weighted by atomic mass is 16.2. The van der Waals surface area contributed by atoms with E-state index in [4.69, 9.17) is 0 Å². The van der Waals surface area contributed by atoms with E-state index in [0.29, 0.717) is 25.8 Å². The highest BCUT2D eigenvalue weighted by Crippen LogP contribution is 2.35. The summed E-state index contributed by atoms with van der Waals surface area (Å²) < 4.78 is 0. The number of carbonyl (C=O) groups excluding carboxylic acids is 4. The molecule has 0 bridgehead atoms. The third-order valence-corrected chi connectivity index (χ3v) is 7.84. The zero-order valence-electron chi connectivity index (χ0n) is 20.9.